The van der Waals surface area contributed by atoms with Gasteiger partial charge in [0.2, 0.25) is 0 Å². The number of nitrogens with one attached hydrogen (secondary N) is 1. The Bertz CT molecular complexity index is 624. The standard InChI is InChI=1S/C15H13FN2O/c1-18-14(10-6-8-11(16)9-7-10)17-13-5-3-2-4-12(13)15(18)19/h2-9,14,17H,1H3. The SMILES string of the molecule is CN1C(=O)c2ccccc2NC1c1ccc(F)cc1. The molecule has 0 aliphatic carbocycles. The van der Waals surface area contributed by atoms with Crippen LogP contribution in [0.5, 0.6) is 0 Å². The van der Waals surface area contributed by atoms with Crippen LogP contribution in [0.4, 0.5) is 10.1 Å². The van der Waals surface area contributed by atoms with E-state index in [1.807, 2.05) is 18.2 Å². The molecule has 0 bridgehead atoms. The van der Waals surface area contributed by atoms with Gasteiger partial charge in [-0.25, -0.2) is 4.39 Å². The van der Waals surface area contributed by atoms with Crippen LogP contribution in [-0.4, -0.2) is 17.9 Å². The lowest BCUT2D eigenvalue weighted by molar-refractivity contribution is 0.0735. The van der Waals surface area contributed by atoms with Gasteiger partial charge in [-0.15, -0.1) is 0 Å². The summed E-state index contributed by atoms with van der Waals surface area (Å²) in [4.78, 5) is 13.9. The van der Waals surface area contributed by atoms with Crippen LogP contribution in [-0.2, 0) is 0 Å². The van der Waals surface area contributed by atoms with Crippen LogP contribution < -0.4 is 5.32 Å². The van der Waals surface area contributed by atoms with Gasteiger partial charge < -0.3 is 10.2 Å². The molecule has 0 saturated heterocycles. The average molecular weight is 256 g/mol. The molecule has 0 fully saturated rings. The molecule has 3 rings (SSSR count). The van der Waals surface area contributed by atoms with Crippen molar-refractivity contribution < 1.29 is 9.18 Å². The fourth-order valence-corrected chi connectivity index (χ4v) is 2.30. The molecule has 0 radical (unpaired) electrons. The van der Waals surface area contributed by atoms with Gasteiger partial charge in [-0.05, 0) is 29.8 Å². The Morgan fingerprint density at radius 1 is 1.11 bits per heavy atom. The number of carbonyl (C=O) groups is 1. The van der Waals surface area contributed by atoms with Gasteiger partial charge in [0, 0.05) is 12.7 Å². The quantitative estimate of drug-likeness (QED) is 0.850. The molecular formula is C15H13FN2O. The van der Waals surface area contributed by atoms with Crippen LogP contribution >= 0.6 is 0 Å². The van der Waals surface area contributed by atoms with Gasteiger partial charge >= 0.3 is 0 Å². The average Bonchev–Trinajstić information content (AvgIpc) is 2.44. The smallest absolute Gasteiger partial charge is 0.257 e. The third kappa shape index (κ3) is 1.95. The van der Waals surface area contributed by atoms with Crippen molar-refractivity contribution in [2.24, 2.45) is 0 Å². The summed E-state index contributed by atoms with van der Waals surface area (Å²) in [5.74, 6) is -0.322. The maximum atomic E-state index is 13.0. The van der Waals surface area contributed by atoms with Crippen LogP contribution in [0.25, 0.3) is 0 Å². The lowest BCUT2D eigenvalue weighted by Crippen LogP contribution is -2.40. The van der Waals surface area contributed by atoms with E-state index in [0.29, 0.717) is 5.56 Å². The predicted octanol–water partition coefficient (Wildman–Crippen LogP) is 3.02. The molecule has 0 saturated carbocycles. The van der Waals surface area contributed by atoms with Crippen molar-refractivity contribution in [1.29, 1.82) is 0 Å². The first-order valence-electron chi connectivity index (χ1n) is 6.05. The van der Waals surface area contributed by atoms with E-state index in [4.69, 9.17) is 0 Å². The Morgan fingerprint density at radius 3 is 2.53 bits per heavy atom. The van der Waals surface area contributed by atoms with Crippen LogP contribution in [0.1, 0.15) is 22.1 Å². The van der Waals surface area contributed by atoms with Gasteiger partial charge in [-0.3, -0.25) is 4.79 Å². The van der Waals surface area contributed by atoms with Crippen molar-refractivity contribution in [3.63, 3.8) is 0 Å². The first-order chi connectivity index (χ1) is 9.16. The van der Waals surface area contributed by atoms with Gasteiger partial charge in [0.1, 0.15) is 12.0 Å². The van der Waals surface area contributed by atoms with Crippen LogP contribution in [0.2, 0.25) is 0 Å². The number of hydrogen-bond donors (Lipinski definition) is 1. The van der Waals surface area contributed by atoms with Crippen LogP contribution in [0.15, 0.2) is 48.5 Å². The number of carbonyl (C=O) groups excluding carboxylic acids is 1. The molecule has 96 valence electrons. The summed E-state index contributed by atoms with van der Waals surface area (Å²) in [7, 11) is 1.74. The minimum atomic E-state index is -0.283. The van der Waals surface area contributed by atoms with Crippen molar-refractivity contribution in [2.45, 2.75) is 6.17 Å². The van der Waals surface area contributed by atoms with E-state index in [1.54, 1.807) is 30.1 Å². The largest absolute Gasteiger partial charge is 0.361 e. The lowest BCUT2D eigenvalue weighted by Gasteiger charge is -2.35. The molecule has 1 unspecified atom stereocenters. The molecular weight excluding hydrogens is 243 g/mol. The summed E-state index contributed by atoms with van der Waals surface area (Å²) in [6.07, 6.45) is -0.275. The zero-order valence-electron chi connectivity index (χ0n) is 10.4. The molecule has 1 aliphatic rings. The number of anilines is 1. The third-order valence-corrected chi connectivity index (χ3v) is 3.34. The molecule has 3 nitrogen and oxygen atoms in total. The van der Waals surface area contributed by atoms with E-state index >= 15 is 0 Å². The van der Waals surface area contributed by atoms with Crippen molar-refractivity contribution in [2.75, 3.05) is 12.4 Å². The first-order valence-corrected chi connectivity index (χ1v) is 6.05. The Kier molecular flexibility index (Phi) is 2.71. The molecule has 4 heteroatoms. The highest BCUT2D eigenvalue weighted by atomic mass is 19.1. The Balaban J connectivity index is 2.01. The van der Waals surface area contributed by atoms with Gasteiger partial charge in [0.05, 0.1) is 5.56 Å². The molecule has 1 atom stereocenters. The maximum absolute atomic E-state index is 13.0. The second-order valence-electron chi connectivity index (χ2n) is 4.56. The molecule has 0 aromatic heterocycles. The number of nitrogens with zero attached hydrogens (tertiary/aromatic N) is 1. The van der Waals surface area contributed by atoms with Gasteiger partial charge in [0.25, 0.3) is 5.91 Å². The number of halogens is 1. The van der Waals surface area contributed by atoms with E-state index in [2.05, 4.69) is 5.32 Å². The molecule has 1 N–H and O–H groups in total. The normalized spacial score (nSPS) is 17.9. The predicted molar refractivity (Wildman–Crippen MR) is 71.3 cm³/mol. The number of rotatable bonds is 1. The lowest BCUT2D eigenvalue weighted by atomic mass is 10.0. The van der Waals surface area contributed by atoms with Gasteiger partial charge in [0.15, 0.2) is 0 Å². The van der Waals surface area contributed by atoms with E-state index in [0.717, 1.165) is 11.3 Å². The minimum absolute atomic E-state index is 0.0383. The van der Waals surface area contributed by atoms with E-state index in [-0.39, 0.29) is 17.9 Å². The minimum Gasteiger partial charge on any atom is -0.361 e. The highest BCUT2D eigenvalue weighted by Gasteiger charge is 2.29. The summed E-state index contributed by atoms with van der Waals surface area (Å²) in [6, 6.07) is 13.6. The molecule has 2 aromatic rings. The number of amides is 1. The molecule has 2 aromatic carbocycles. The molecule has 1 heterocycles. The van der Waals surface area contributed by atoms with Crippen molar-refractivity contribution >= 4 is 11.6 Å². The van der Waals surface area contributed by atoms with Crippen LogP contribution in [0.3, 0.4) is 0 Å². The Labute approximate surface area is 110 Å². The van der Waals surface area contributed by atoms with Crippen molar-refractivity contribution in [3.8, 4) is 0 Å². The summed E-state index contributed by atoms with van der Waals surface area (Å²) >= 11 is 0. The number of fused-ring (bicyclic) bond motifs is 1. The topological polar surface area (TPSA) is 32.3 Å². The second kappa shape index (κ2) is 4.39. The molecule has 1 amide bonds. The number of benzene rings is 2. The fraction of sp³-hybridized carbons (Fsp3) is 0.133. The zero-order valence-corrected chi connectivity index (χ0v) is 10.4. The Morgan fingerprint density at radius 2 is 1.79 bits per heavy atom. The van der Waals surface area contributed by atoms with E-state index in [9.17, 15) is 9.18 Å². The van der Waals surface area contributed by atoms with Crippen molar-refractivity contribution in [3.05, 3.63) is 65.5 Å². The molecule has 19 heavy (non-hydrogen) atoms. The first kappa shape index (κ1) is 11.7. The summed E-state index contributed by atoms with van der Waals surface area (Å²) in [6.45, 7) is 0. The summed E-state index contributed by atoms with van der Waals surface area (Å²) in [5, 5.41) is 3.30. The monoisotopic (exact) mass is 256 g/mol. The third-order valence-electron chi connectivity index (χ3n) is 3.34. The number of para-hydroxylation sites is 1. The molecule has 1 aliphatic heterocycles. The second-order valence-corrected chi connectivity index (χ2v) is 4.56. The summed E-state index contributed by atoms with van der Waals surface area (Å²) < 4.78 is 13.0. The highest BCUT2D eigenvalue weighted by Crippen LogP contribution is 2.31. The van der Waals surface area contributed by atoms with E-state index < -0.39 is 0 Å². The summed E-state index contributed by atoms with van der Waals surface area (Å²) in [5.41, 5.74) is 2.31. The van der Waals surface area contributed by atoms with Crippen LogP contribution in [0, 0.1) is 5.82 Å². The Hall–Kier alpha value is -2.36. The number of hydrogen-bond acceptors (Lipinski definition) is 2. The van der Waals surface area contributed by atoms with Gasteiger partial charge in [-0.1, -0.05) is 24.3 Å². The maximum Gasteiger partial charge on any atom is 0.257 e. The highest BCUT2D eigenvalue weighted by molar-refractivity contribution is 6.01. The van der Waals surface area contributed by atoms with Gasteiger partial charge in [-0.2, -0.15) is 0 Å². The van der Waals surface area contributed by atoms with Crippen molar-refractivity contribution in [1.82, 2.24) is 4.90 Å². The molecule has 0 spiro atoms. The fourth-order valence-electron chi connectivity index (χ4n) is 2.30. The zero-order chi connectivity index (χ0) is 13.4. The van der Waals surface area contributed by atoms with E-state index in [1.165, 1.54) is 12.1 Å².